The van der Waals surface area contributed by atoms with Crippen LogP contribution in [0.5, 0.6) is 17.2 Å². The molecule has 0 bridgehead atoms. The fourth-order valence-corrected chi connectivity index (χ4v) is 3.48. The number of aliphatic hydroxyl groups excluding tert-OH is 1. The number of alkyl halides is 3. The molecule has 2 aromatic rings. The molecule has 0 radical (unpaired) electrons. The molecule has 0 aliphatic carbocycles. The van der Waals surface area contributed by atoms with E-state index in [9.17, 15) is 18.0 Å². The van der Waals surface area contributed by atoms with Crippen LogP contribution in [0.15, 0.2) is 48.0 Å². The number of carbonyl (C=O) groups is 1. The van der Waals surface area contributed by atoms with Gasteiger partial charge in [-0.3, -0.25) is 0 Å². The lowest BCUT2D eigenvalue weighted by Crippen LogP contribution is -2.22. The monoisotopic (exact) mass is 534 g/mol. The van der Waals surface area contributed by atoms with E-state index in [1.807, 2.05) is 13.8 Å². The van der Waals surface area contributed by atoms with Crippen molar-refractivity contribution in [2.75, 3.05) is 6.61 Å². The first-order valence-electron chi connectivity index (χ1n) is 11.0. The second kappa shape index (κ2) is 13.0. The van der Waals surface area contributed by atoms with Crippen LogP contribution < -0.4 is 9.47 Å². The molecule has 0 amide bonds. The van der Waals surface area contributed by atoms with Crippen molar-refractivity contribution in [1.82, 2.24) is 0 Å². The fraction of sp³-hybridized carbons (Fsp3) is 0.400. The number of benzene rings is 2. The normalized spacial score (nSPS) is 13.8. The highest BCUT2D eigenvalue weighted by molar-refractivity contribution is 6.32. The van der Waals surface area contributed by atoms with Gasteiger partial charge in [-0.2, -0.15) is 13.2 Å². The maximum atomic E-state index is 12.9. The van der Waals surface area contributed by atoms with Crippen LogP contribution in [0.4, 0.5) is 13.2 Å². The molecule has 2 atom stereocenters. The lowest BCUT2D eigenvalue weighted by Gasteiger charge is -2.22. The fourth-order valence-electron chi connectivity index (χ4n) is 3.10. The topological polar surface area (TPSA) is 65.0 Å². The Morgan fingerprint density at radius 2 is 1.80 bits per heavy atom. The molecule has 0 fully saturated rings. The summed E-state index contributed by atoms with van der Waals surface area (Å²) in [5.74, 6) is -0.0391. The van der Waals surface area contributed by atoms with Gasteiger partial charge in [-0.1, -0.05) is 43.5 Å². The minimum Gasteiger partial charge on any atom is -0.484 e. The van der Waals surface area contributed by atoms with Crippen LogP contribution in [0.25, 0.3) is 0 Å². The second-order valence-electron chi connectivity index (χ2n) is 7.74. The molecule has 1 N–H and O–H groups in total. The summed E-state index contributed by atoms with van der Waals surface area (Å²) in [5.41, 5.74) is -0.210. The third-order valence-corrected chi connectivity index (χ3v) is 5.52. The van der Waals surface area contributed by atoms with Gasteiger partial charge in [-0.25, -0.2) is 4.79 Å². The minimum atomic E-state index is -4.52. The van der Waals surface area contributed by atoms with Gasteiger partial charge in [0, 0.05) is 12.1 Å². The van der Waals surface area contributed by atoms with Crippen molar-refractivity contribution >= 4 is 29.2 Å². The maximum absolute atomic E-state index is 12.9. The van der Waals surface area contributed by atoms with E-state index in [1.165, 1.54) is 24.3 Å². The molecule has 0 heterocycles. The molecule has 2 unspecified atom stereocenters. The van der Waals surface area contributed by atoms with E-state index in [2.05, 4.69) is 0 Å². The molecule has 0 aliphatic rings. The number of halogens is 5. The van der Waals surface area contributed by atoms with Gasteiger partial charge in [0.25, 0.3) is 0 Å². The maximum Gasteiger partial charge on any atom is 0.416 e. The Balaban J connectivity index is 2.27. The van der Waals surface area contributed by atoms with E-state index in [-0.39, 0.29) is 33.9 Å². The van der Waals surface area contributed by atoms with Crippen molar-refractivity contribution in [2.45, 2.75) is 58.4 Å². The summed E-state index contributed by atoms with van der Waals surface area (Å²) in [5, 5.41) is 9.16. The Labute approximate surface area is 212 Å². The lowest BCUT2D eigenvalue weighted by molar-refractivity contribution is -0.144. The van der Waals surface area contributed by atoms with Gasteiger partial charge >= 0.3 is 12.1 Å². The summed E-state index contributed by atoms with van der Waals surface area (Å²) < 4.78 is 55.6. The summed E-state index contributed by atoms with van der Waals surface area (Å²) in [6, 6.07) is 7.36. The first-order valence-corrected chi connectivity index (χ1v) is 11.8. The number of carbonyl (C=O) groups excluding carboxylic acids is 1. The van der Waals surface area contributed by atoms with Crippen LogP contribution in [-0.4, -0.2) is 29.9 Å². The van der Waals surface area contributed by atoms with Crippen LogP contribution in [0, 0.1) is 0 Å². The van der Waals surface area contributed by atoms with E-state index in [4.69, 9.17) is 42.5 Å². The molecular formula is C25H27Cl2F3O5. The predicted molar refractivity (Wildman–Crippen MR) is 128 cm³/mol. The third kappa shape index (κ3) is 8.63. The number of ether oxygens (including phenoxy) is 3. The van der Waals surface area contributed by atoms with E-state index in [0.717, 1.165) is 24.6 Å². The Hall–Kier alpha value is -2.42. The summed E-state index contributed by atoms with van der Waals surface area (Å²) in [7, 11) is 0. The van der Waals surface area contributed by atoms with E-state index in [0.29, 0.717) is 18.4 Å². The van der Waals surface area contributed by atoms with Gasteiger partial charge in [0.15, 0.2) is 0 Å². The van der Waals surface area contributed by atoms with Gasteiger partial charge < -0.3 is 19.3 Å². The van der Waals surface area contributed by atoms with Crippen molar-refractivity contribution in [3.05, 3.63) is 63.7 Å². The van der Waals surface area contributed by atoms with Gasteiger partial charge in [0.05, 0.1) is 22.2 Å². The van der Waals surface area contributed by atoms with Crippen molar-refractivity contribution in [2.24, 2.45) is 0 Å². The highest BCUT2D eigenvalue weighted by atomic mass is 35.5. The summed E-state index contributed by atoms with van der Waals surface area (Å²) >= 11 is 12.3. The first kappa shape index (κ1) is 28.8. The molecule has 2 rings (SSSR count). The average molecular weight is 535 g/mol. The number of aliphatic hydroxyl groups is 1. The van der Waals surface area contributed by atoms with Crippen molar-refractivity contribution in [3.63, 3.8) is 0 Å². The van der Waals surface area contributed by atoms with E-state index in [1.54, 1.807) is 6.92 Å². The molecule has 2 aromatic carbocycles. The molecule has 5 nitrogen and oxygen atoms in total. The number of rotatable bonds is 11. The third-order valence-electron chi connectivity index (χ3n) is 4.91. The Morgan fingerprint density at radius 3 is 2.37 bits per heavy atom. The number of hydrogen-bond acceptors (Lipinski definition) is 5. The zero-order chi connectivity index (χ0) is 26.2. The van der Waals surface area contributed by atoms with Gasteiger partial charge in [-0.05, 0) is 55.7 Å². The van der Waals surface area contributed by atoms with Crippen LogP contribution in [0.3, 0.4) is 0 Å². The SMILES string of the molecule is CCCC(Oc1cc(Oc2ccc(C(F)(F)F)cc2Cl)ccc1Cl)C(=CC(=O)OC(C)CO)CC. The molecule has 35 heavy (non-hydrogen) atoms. The highest BCUT2D eigenvalue weighted by Crippen LogP contribution is 2.38. The smallest absolute Gasteiger partial charge is 0.416 e. The van der Waals surface area contributed by atoms with Crippen LogP contribution in [0.1, 0.15) is 45.6 Å². The Bertz CT molecular complexity index is 1040. The molecule has 192 valence electrons. The predicted octanol–water partition coefficient (Wildman–Crippen LogP) is 7.61. The van der Waals surface area contributed by atoms with Crippen LogP contribution in [-0.2, 0) is 15.7 Å². The van der Waals surface area contributed by atoms with Gasteiger partial charge in [0.1, 0.15) is 29.5 Å². The molecule has 0 spiro atoms. The molecule has 0 aliphatic heterocycles. The quantitative estimate of drug-likeness (QED) is 0.237. The zero-order valence-corrected chi connectivity index (χ0v) is 21.0. The molecule has 10 heteroatoms. The van der Waals surface area contributed by atoms with Crippen LogP contribution in [0.2, 0.25) is 10.0 Å². The van der Waals surface area contributed by atoms with Crippen molar-refractivity contribution < 1.29 is 37.3 Å². The summed E-state index contributed by atoms with van der Waals surface area (Å²) in [4.78, 5) is 12.2. The molecule has 0 aromatic heterocycles. The van der Waals surface area contributed by atoms with Crippen molar-refractivity contribution in [1.29, 1.82) is 0 Å². The summed E-state index contributed by atoms with van der Waals surface area (Å²) in [6.07, 6.45) is -2.48. The van der Waals surface area contributed by atoms with Gasteiger partial charge in [0.2, 0.25) is 0 Å². The Morgan fingerprint density at radius 1 is 1.09 bits per heavy atom. The largest absolute Gasteiger partial charge is 0.484 e. The highest BCUT2D eigenvalue weighted by Gasteiger charge is 2.31. The van der Waals surface area contributed by atoms with Gasteiger partial charge in [-0.15, -0.1) is 0 Å². The minimum absolute atomic E-state index is 0.0351. The molecular weight excluding hydrogens is 508 g/mol. The van der Waals surface area contributed by atoms with Crippen molar-refractivity contribution in [3.8, 4) is 17.2 Å². The lowest BCUT2D eigenvalue weighted by atomic mass is 10.0. The van der Waals surface area contributed by atoms with E-state index < -0.39 is 29.9 Å². The molecule has 0 saturated carbocycles. The van der Waals surface area contributed by atoms with Crippen LogP contribution >= 0.6 is 23.2 Å². The standard InChI is InChI=1S/C25H27Cl2F3O5/c1-4-6-21(16(5-2)11-24(32)33-15(3)14-31)35-23-13-18(8-9-19(23)26)34-22-10-7-17(12-20(22)27)25(28,29)30/h7-13,15,21,31H,4-6,14H2,1-3H3. The zero-order valence-electron chi connectivity index (χ0n) is 19.5. The second-order valence-corrected chi connectivity index (χ2v) is 8.55. The first-order chi connectivity index (χ1) is 16.5. The molecule has 0 saturated heterocycles. The number of esters is 1. The van der Waals surface area contributed by atoms with E-state index >= 15 is 0 Å². The number of hydrogen-bond donors (Lipinski definition) is 1. The summed E-state index contributed by atoms with van der Waals surface area (Å²) in [6.45, 7) is 5.12. The Kier molecular flexibility index (Phi) is 10.7. The average Bonchev–Trinajstić information content (AvgIpc) is 2.79.